The molecular weight excluding hydrogens is 439 g/mol. The Morgan fingerprint density at radius 1 is 1.04 bits per heavy atom. The summed E-state index contributed by atoms with van der Waals surface area (Å²) in [5.41, 5.74) is 1.24. The highest BCUT2D eigenvalue weighted by Gasteiger charge is 2.21. The molecule has 1 amide bonds. The van der Waals surface area contributed by atoms with Gasteiger partial charge >= 0.3 is 0 Å². The van der Waals surface area contributed by atoms with Gasteiger partial charge in [0.25, 0.3) is 5.91 Å². The fraction of sp³-hybridized carbons (Fsp3) is 0.316. The Hall–Kier alpha value is -1.27. The van der Waals surface area contributed by atoms with Crippen molar-refractivity contribution in [1.29, 1.82) is 0 Å². The molecule has 1 aliphatic heterocycles. The van der Waals surface area contributed by atoms with Crippen LogP contribution in [-0.4, -0.2) is 48.5 Å². The van der Waals surface area contributed by atoms with Gasteiger partial charge in [-0.25, -0.2) is 0 Å². The maximum Gasteiger partial charge on any atom is 0.260 e. The average molecular weight is 460 g/mol. The third-order valence-electron chi connectivity index (χ3n) is 4.23. The first-order valence-corrected chi connectivity index (χ1v) is 9.41. The number of halogens is 3. The summed E-state index contributed by atoms with van der Waals surface area (Å²) in [6.45, 7) is 4.14. The molecule has 0 aliphatic carbocycles. The van der Waals surface area contributed by atoms with Gasteiger partial charge in [0.15, 0.2) is 6.61 Å². The second kappa shape index (κ2) is 10.2. The number of ether oxygens (including phenoxy) is 1. The Kier molecular flexibility index (Phi) is 8.22. The van der Waals surface area contributed by atoms with Gasteiger partial charge in [0.2, 0.25) is 0 Å². The van der Waals surface area contributed by atoms with Gasteiger partial charge in [-0.05, 0) is 45.8 Å². The summed E-state index contributed by atoms with van der Waals surface area (Å²) in [5.74, 6) is 0.721. The van der Waals surface area contributed by atoms with Gasteiger partial charge in [0.05, 0.1) is 4.47 Å². The van der Waals surface area contributed by atoms with Gasteiger partial charge in [-0.15, -0.1) is 12.4 Å². The minimum Gasteiger partial charge on any atom is -0.483 e. The Bertz CT molecular complexity index is 720. The van der Waals surface area contributed by atoms with E-state index in [-0.39, 0.29) is 24.9 Å². The third kappa shape index (κ3) is 5.88. The van der Waals surface area contributed by atoms with Crippen molar-refractivity contribution in [3.63, 3.8) is 0 Å². The number of carbonyl (C=O) groups is 1. The molecule has 140 valence electrons. The second-order valence-corrected chi connectivity index (χ2v) is 7.29. The van der Waals surface area contributed by atoms with Gasteiger partial charge in [0.1, 0.15) is 5.75 Å². The SMILES string of the molecule is Cl.O=C(COc1ccccc1Br)N1CCN(Cc2ccc(Cl)cc2)CC1. The van der Waals surface area contributed by atoms with Crippen LogP contribution < -0.4 is 4.74 Å². The first kappa shape index (κ1) is 21.0. The Balaban J connectivity index is 0.00000243. The van der Waals surface area contributed by atoms with Gasteiger partial charge < -0.3 is 9.64 Å². The molecule has 1 aliphatic rings. The molecule has 0 N–H and O–H groups in total. The van der Waals surface area contributed by atoms with Crippen molar-refractivity contribution < 1.29 is 9.53 Å². The summed E-state index contributed by atoms with van der Waals surface area (Å²) >= 11 is 9.34. The number of piperazine rings is 1. The van der Waals surface area contributed by atoms with E-state index in [0.717, 1.165) is 42.2 Å². The van der Waals surface area contributed by atoms with Crippen LogP contribution in [0.3, 0.4) is 0 Å². The topological polar surface area (TPSA) is 32.8 Å². The van der Waals surface area contributed by atoms with Crippen LogP contribution in [0, 0.1) is 0 Å². The molecule has 3 rings (SSSR count). The summed E-state index contributed by atoms with van der Waals surface area (Å²) < 4.78 is 6.48. The number of hydrogen-bond donors (Lipinski definition) is 0. The zero-order chi connectivity index (χ0) is 17.6. The number of nitrogens with zero attached hydrogens (tertiary/aromatic N) is 2. The predicted octanol–water partition coefficient (Wildman–Crippen LogP) is 4.25. The molecule has 1 heterocycles. The molecule has 2 aromatic rings. The minimum atomic E-state index is 0. The molecule has 0 aromatic heterocycles. The largest absolute Gasteiger partial charge is 0.483 e. The van der Waals surface area contributed by atoms with Crippen LogP contribution in [0.4, 0.5) is 0 Å². The molecular formula is C19H21BrCl2N2O2. The molecule has 4 nitrogen and oxygen atoms in total. The number of carbonyl (C=O) groups excluding carboxylic acids is 1. The molecule has 0 radical (unpaired) electrons. The Morgan fingerprint density at radius 2 is 1.69 bits per heavy atom. The second-order valence-electron chi connectivity index (χ2n) is 6.00. The van der Waals surface area contributed by atoms with Crippen molar-refractivity contribution >= 4 is 45.8 Å². The Labute approximate surface area is 173 Å². The number of rotatable bonds is 5. The summed E-state index contributed by atoms with van der Waals surface area (Å²) in [5, 5.41) is 0.754. The number of amides is 1. The highest BCUT2D eigenvalue weighted by molar-refractivity contribution is 9.10. The minimum absolute atomic E-state index is 0. The molecule has 0 unspecified atom stereocenters. The average Bonchev–Trinajstić information content (AvgIpc) is 2.63. The fourth-order valence-corrected chi connectivity index (χ4v) is 3.32. The smallest absolute Gasteiger partial charge is 0.260 e. The van der Waals surface area contributed by atoms with Crippen LogP contribution in [-0.2, 0) is 11.3 Å². The van der Waals surface area contributed by atoms with Crippen molar-refractivity contribution in [2.75, 3.05) is 32.8 Å². The summed E-state index contributed by atoms with van der Waals surface area (Å²) in [4.78, 5) is 16.6. The van der Waals surface area contributed by atoms with Crippen molar-refractivity contribution in [2.45, 2.75) is 6.54 Å². The highest BCUT2D eigenvalue weighted by atomic mass is 79.9. The first-order valence-electron chi connectivity index (χ1n) is 8.24. The molecule has 26 heavy (non-hydrogen) atoms. The number of benzene rings is 2. The Morgan fingerprint density at radius 3 is 2.35 bits per heavy atom. The first-order chi connectivity index (χ1) is 12.1. The van der Waals surface area contributed by atoms with Crippen LogP contribution >= 0.6 is 39.9 Å². The van der Waals surface area contributed by atoms with Crippen LogP contribution in [0.2, 0.25) is 5.02 Å². The fourth-order valence-electron chi connectivity index (χ4n) is 2.80. The standard InChI is InChI=1S/C19H20BrClN2O2.ClH/c20-17-3-1-2-4-18(17)25-14-19(24)23-11-9-22(10-12-23)13-15-5-7-16(21)8-6-15;/h1-8H,9-14H2;1H. The number of hydrogen-bond acceptors (Lipinski definition) is 3. The van der Waals surface area contributed by atoms with E-state index in [1.165, 1.54) is 5.56 Å². The van der Waals surface area contributed by atoms with Crippen LogP contribution in [0.1, 0.15) is 5.56 Å². The van der Waals surface area contributed by atoms with E-state index in [1.54, 1.807) is 0 Å². The van der Waals surface area contributed by atoms with Crippen molar-refractivity contribution in [2.24, 2.45) is 0 Å². The van der Waals surface area contributed by atoms with Gasteiger partial charge in [-0.2, -0.15) is 0 Å². The van der Waals surface area contributed by atoms with Gasteiger partial charge in [-0.3, -0.25) is 9.69 Å². The van der Waals surface area contributed by atoms with Crippen molar-refractivity contribution in [1.82, 2.24) is 9.80 Å². The molecule has 7 heteroatoms. The maximum absolute atomic E-state index is 12.3. The zero-order valence-electron chi connectivity index (χ0n) is 14.2. The van der Waals surface area contributed by atoms with E-state index in [4.69, 9.17) is 16.3 Å². The monoisotopic (exact) mass is 458 g/mol. The molecule has 1 fully saturated rings. The van der Waals surface area contributed by atoms with E-state index in [0.29, 0.717) is 5.75 Å². The zero-order valence-corrected chi connectivity index (χ0v) is 17.4. The molecule has 0 spiro atoms. The molecule has 0 bridgehead atoms. The van der Waals surface area contributed by atoms with Crippen LogP contribution in [0.5, 0.6) is 5.75 Å². The van der Waals surface area contributed by atoms with Gasteiger partial charge in [0, 0.05) is 37.7 Å². The molecule has 0 saturated carbocycles. The maximum atomic E-state index is 12.3. The normalized spacial score (nSPS) is 14.6. The lowest BCUT2D eigenvalue weighted by atomic mass is 10.2. The molecule has 1 saturated heterocycles. The predicted molar refractivity (Wildman–Crippen MR) is 110 cm³/mol. The number of para-hydroxylation sites is 1. The van der Waals surface area contributed by atoms with E-state index in [9.17, 15) is 4.79 Å². The lowest BCUT2D eigenvalue weighted by Gasteiger charge is -2.34. The van der Waals surface area contributed by atoms with Crippen LogP contribution in [0.25, 0.3) is 0 Å². The van der Waals surface area contributed by atoms with E-state index >= 15 is 0 Å². The highest BCUT2D eigenvalue weighted by Crippen LogP contribution is 2.23. The van der Waals surface area contributed by atoms with E-state index in [1.807, 2.05) is 53.4 Å². The molecule has 2 aromatic carbocycles. The third-order valence-corrected chi connectivity index (χ3v) is 5.14. The van der Waals surface area contributed by atoms with E-state index < -0.39 is 0 Å². The van der Waals surface area contributed by atoms with Crippen molar-refractivity contribution in [3.8, 4) is 5.75 Å². The summed E-state index contributed by atoms with van der Waals surface area (Å²) in [6, 6.07) is 15.5. The molecule has 0 atom stereocenters. The summed E-state index contributed by atoms with van der Waals surface area (Å²) in [6.07, 6.45) is 0. The van der Waals surface area contributed by atoms with Gasteiger partial charge in [-0.1, -0.05) is 35.9 Å². The van der Waals surface area contributed by atoms with Crippen LogP contribution in [0.15, 0.2) is 53.0 Å². The quantitative estimate of drug-likeness (QED) is 0.670. The van der Waals surface area contributed by atoms with Crippen molar-refractivity contribution in [3.05, 3.63) is 63.6 Å². The lowest BCUT2D eigenvalue weighted by molar-refractivity contribution is -0.135. The lowest BCUT2D eigenvalue weighted by Crippen LogP contribution is -2.49. The van der Waals surface area contributed by atoms with E-state index in [2.05, 4.69) is 20.8 Å². The summed E-state index contributed by atoms with van der Waals surface area (Å²) in [7, 11) is 0.